The van der Waals surface area contributed by atoms with Gasteiger partial charge in [-0.05, 0) is 40.2 Å². The average molecular weight is 381 g/mol. The second kappa shape index (κ2) is 5.71. The van der Waals surface area contributed by atoms with Crippen LogP contribution < -0.4 is 4.72 Å². The summed E-state index contributed by atoms with van der Waals surface area (Å²) in [6.07, 6.45) is 0. The second-order valence-corrected chi connectivity index (χ2v) is 6.93. The van der Waals surface area contributed by atoms with Gasteiger partial charge in [0.25, 0.3) is 10.0 Å². The van der Waals surface area contributed by atoms with Crippen molar-refractivity contribution in [3.63, 3.8) is 0 Å². The van der Waals surface area contributed by atoms with E-state index >= 15 is 0 Å². The summed E-state index contributed by atoms with van der Waals surface area (Å²) in [6.45, 7) is 0. The molecule has 0 saturated heterocycles. The Hall–Kier alpha value is -0.750. The molecule has 2 aromatic carbocycles. The third kappa shape index (κ3) is 3.23. The number of anilines is 1. The topological polar surface area (TPSA) is 46.2 Å². The Morgan fingerprint density at radius 3 is 2.21 bits per heavy atom. The SMILES string of the molecule is O=S(=O)(Nc1ccc(Br)c(Cl)c1Cl)c1ccccc1. The van der Waals surface area contributed by atoms with Gasteiger partial charge in [0.15, 0.2) is 0 Å². The van der Waals surface area contributed by atoms with Gasteiger partial charge in [-0.3, -0.25) is 4.72 Å². The van der Waals surface area contributed by atoms with Gasteiger partial charge in [-0.25, -0.2) is 8.42 Å². The van der Waals surface area contributed by atoms with E-state index in [-0.39, 0.29) is 20.6 Å². The molecule has 0 aliphatic heterocycles. The lowest BCUT2D eigenvalue weighted by Gasteiger charge is -2.11. The lowest BCUT2D eigenvalue weighted by atomic mass is 10.3. The molecule has 0 fully saturated rings. The Balaban J connectivity index is 2.40. The highest BCUT2D eigenvalue weighted by Gasteiger charge is 2.17. The van der Waals surface area contributed by atoms with E-state index in [1.54, 1.807) is 30.3 Å². The Morgan fingerprint density at radius 2 is 1.58 bits per heavy atom. The van der Waals surface area contributed by atoms with E-state index in [0.29, 0.717) is 4.47 Å². The minimum absolute atomic E-state index is 0.149. The molecule has 7 heteroatoms. The quantitative estimate of drug-likeness (QED) is 0.793. The summed E-state index contributed by atoms with van der Waals surface area (Å²) in [5, 5.41) is 0.408. The van der Waals surface area contributed by atoms with Gasteiger partial charge < -0.3 is 0 Å². The summed E-state index contributed by atoms with van der Waals surface area (Å²) in [4.78, 5) is 0.158. The molecule has 0 aliphatic carbocycles. The molecule has 2 rings (SSSR count). The number of benzene rings is 2. The molecule has 0 atom stereocenters. The van der Waals surface area contributed by atoms with Gasteiger partial charge in [0.2, 0.25) is 0 Å². The number of hydrogen-bond donors (Lipinski definition) is 1. The lowest BCUT2D eigenvalue weighted by molar-refractivity contribution is 0.601. The lowest BCUT2D eigenvalue weighted by Crippen LogP contribution is -2.13. The largest absolute Gasteiger partial charge is 0.278 e. The highest BCUT2D eigenvalue weighted by Crippen LogP contribution is 2.36. The highest BCUT2D eigenvalue weighted by molar-refractivity contribution is 9.10. The molecular formula is C12H8BrCl2NO2S. The number of rotatable bonds is 3. The van der Waals surface area contributed by atoms with E-state index in [0.717, 1.165) is 0 Å². The molecule has 19 heavy (non-hydrogen) atoms. The van der Waals surface area contributed by atoms with Crippen molar-refractivity contribution in [2.45, 2.75) is 4.90 Å². The molecule has 3 nitrogen and oxygen atoms in total. The monoisotopic (exact) mass is 379 g/mol. The predicted octanol–water partition coefficient (Wildman–Crippen LogP) is 4.56. The maximum Gasteiger partial charge on any atom is 0.261 e. The van der Waals surface area contributed by atoms with E-state index in [4.69, 9.17) is 23.2 Å². The Kier molecular flexibility index (Phi) is 4.40. The molecule has 0 spiro atoms. The van der Waals surface area contributed by atoms with E-state index in [9.17, 15) is 8.42 Å². The van der Waals surface area contributed by atoms with Crippen molar-refractivity contribution >= 4 is 54.8 Å². The average Bonchev–Trinajstić information content (AvgIpc) is 2.40. The van der Waals surface area contributed by atoms with Crippen molar-refractivity contribution in [3.8, 4) is 0 Å². The van der Waals surface area contributed by atoms with E-state index in [2.05, 4.69) is 20.7 Å². The zero-order chi connectivity index (χ0) is 14.0. The first kappa shape index (κ1) is 14.7. The molecule has 0 aromatic heterocycles. The summed E-state index contributed by atoms with van der Waals surface area (Å²) >= 11 is 15.2. The van der Waals surface area contributed by atoms with Crippen LogP contribution in [-0.4, -0.2) is 8.42 Å². The molecule has 100 valence electrons. The van der Waals surface area contributed by atoms with Crippen LogP contribution in [0.15, 0.2) is 51.8 Å². The van der Waals surface area contributed by atoms with E-state index in [1.807, 2.05) is 0 Å². The second-order valence-electron chi connectivity index (χ2n) is 3.64. The van der Waals surface area contributed by atoms with Crippen LogP contribution in [0.4, 0.5) is 5.69 Å². The summed E-state index contributed by atoms with van der Waals surface area (Å²) in [7, 11) is -3.67. The third-order valence-electron chi connectivity index (χ3n) is 2.33. The third-order valence-corrected chi connectivity index (χ3v) is 5.49. The molecular weight excluding hydrogens is 373 g/mol. The summed E-state index contributed by atoms with van der Waals surface area (Å²) in [6, 6.07) is 11.2. The van der Waals surface area contributed by atoms with Crippen LogP contribution in [-0.2, 0) is 10.0 Å². The fraction of sp³-hybridized carbons (Fsp3) is 0. The molecule has 0 aliphatic rings. The van der Waals surface area contributed by atoms with Crippen molar-refractivity contribution in [1.82, 2.24) is 0 Å². The van der Waals surface area contributed by atoms with Crippen LogP contribution in [0.3, 0.4) is 0 Å². The molecule has 0 saturated carbocycles. The van der Waals surface area contributed by atoms with Gasteiger partial charge in [0, 0.05) is 4.47 Å². The number of nitrogens with one attached hydrogen (secondary N) is 1. The van der Waals surface area contributed by atoms with E-state index < -0.39 is 10.0 Å². The standard InChI is InChI=1S/C12H8BrCl2NO2S/c13-9-6-7-10(12(15)11(9)14)16-19(17,18)8-4-2-1-3-5-8/h1-7,16H. The highest BCUT2D eigenvalue weighted by atomic mass is 79.9. The zero-order valence-electron chi connectivity index (χ0n) is 9.40. The van der Waals surface area contributed by atoms with Crippen molar-refractivity contribution in [2.75, 3.05) is 4.72 Å². The van der Waals surface area contributed by atoms with Crippen LogP contribution in [0.5, 0.6) is 0 Å². The van der Waals surface area contributed by atoms with Gasteiger partial charge in [0.1, 0.15) is 0 Å². The van der Waals surface area contributed by atoms with Gasteiger partial charge in [-0.1, -0.05) is 41.4 Å². The maximum atomic E-state index is 12.1. The molecule has 0 amide bonds. The summed E-state index contributed by atoms with van der Waals surface area (Å²) in [5.41, 5.74) is 0.235. The fourth-order valence-corrected chi connectivity index (χ4v) is 3.38. The minimum atomic E-state index is -3.67. The smallest absolute Gasteiger partial charge is 0.261 e. The maximum absolute atomic E-state index is 12.1. The van der Waals surface area contributed by atoms with Gasteiger partial charge in [-0.2, -0.15) is 0 Å². The Morgan fingerprint density at radius 1 is 0.947 bits per heavy atom. The fourth-order valence-electron chi connectivity index (χ4n) is 1.41. The first-order chi connectivity index (χ1) is 8.92. The van der Waals surface area contributed by atoms with Gasteiger partial charge in [-0.15, -0.1) is 0 Å². The number of sulfonamides is 1. The number of halogens is 3. The van der Waals surface area contributed by atoms with E-state index in [1.165, 1.54) is 12.1 Å². The van der Waals surface area contributed by atoms with Gasteiger partial charge in [0.05, 0.1) is 20.6 Å². The molecule has 2 aromatic rings. The normalized spacial score (nSPS) is 11.3. The Bertz CT molecular complexity index is 705. The summed E-state index contributed by atoms with van der Waals surface area (Å²) < 4.78 is 27.3. The van der Waals surface area contributed by atoms with Crippen LogP contribution in [0.2, 0.25) is 10.0 Å². The van der Waals surface area contributed by atoms with Crippen LogP contribution in [0.25, 0.3) is 0 Å². The van der Waals surface area contributed by atoms with Crippen molar-refractivity contribution in [2.24, 2.45) is 0 Å². The molecule has 0 unspecified atom stereocenters. The predicted molar refractivity (Wildman–Crippen MR) is 81.4 cm³/mol. The molecule has 0 heterocycles. The first-order valence-electron chi connectivity index (χ1n) is 5.13. The Labute approximate surface area is 129 Å². The van der Waals surface area contributed by atoms with Gasteiger partial charge >= 0.3 is 0 Å². The summed E-state index contributed by atoms with van der Waals surface area (Å²) in [5.74, 6) is 0. The van der Waals surface area contributed by atoms with Crippen molar-refractivity contribution in [3.05, 3.63) is 57.0 Å². The minimum Gasteiger partial charge on any atom is -0.278 e. The van der Waals surface area contributed by atoms with Crippen molar-refractivity contribution in [1.29, 1.82) is 0 Å². The number of hydrogen-bond acceptors (Lipinski definition) is 2. The van der Waals surface area contributed by atoms with Crippen LogP contribution in [0.1, 0.15) is 0 Å². The zero-order valence-corrected chi connectivity index (χ0v) is 13.3. The van der Waals surface area contributed by atoms with Crippen molar-refractivity contribution < 1.29 is 8.42 Å². The molecule has 1 N–H and O–H groups in total. The van der Waals surface area contributed by atoms with Crippen LogP contribution >= 0.6 is 39.1 Å². The van der Waals surface area contributed by atoms with Crippen LogP contribution in [0, 0.1) is 0 Å². The molecule has 0 radical (unpaired) electrons. The molecule has 0 bridgehead atoms. The first-order valence-corrected chi connectivity index (χ1v) is 8.16.